The number of rotatable bonds is 41. The normalized spacial score (nSPS) is 13.7. The summed E-state index contributed by atoms with van der Waals surface area (Å²) in [6, 6.07) is 0. The lowest BCUT2D eigenvalue weighted by atomic mass is 10.1. The molecule has 2 atom stereocenters. The van der Waals surface area contributed by atoms with Gasteiger partial charge in [0.1, 0.15) is 12.7 Å². The molecule has 0 bridgehead atoms. The van der Waals surface area contributed by atoms with Gasteiger partial charge in [0.25, 0.3) is 0 Å². The first-order valence-electron chi connectivity index (χ1n) is 22.1. The molecule has 320 valence electrons. The van der Waals surface area contributed by atoms with Crippen molar-refractivity contribution in [1.29, 1.82) is 0 Å². The highest BCUT2D eigenvalue weighted by molar-refractivity contribution is 7.47. The molecule has 0 fully saturated rings. The lowest BCUT2D eigenvalue weighted by Crippen LogP contribution is -2.27. The van der Waals surface area contributed by atoms with E-state index in [-0.39, 0.29) is 32.1 Å². The Bertz CT molecular complexity index is 1040. The number of phosphoric ester groups is 1. The Balaban J connectivity index is 3.61. The standard InChI is InChI=1S/C45H82NO8P/c1-3-5-7-9-11-13-15-17-18-19-20-21-22-23-24-26-27-29-31-33-35-37-44(48)46-39-40-53-55(50,51)54-42-43(47)41-52-45(49)38-36-34-32-30-28-25-16-14-12-10-8-6-4-2/h11,13-14,16-18,20-21,43,47H,3-10,12,15,19,22-42H2,1-2H3,(H,46,48)(H,50,51)/b13-11-,16-14-,18-17-,21-20-. The lowest BCUT2D eigenvalue weighted by Gasteiger charge is -2.15. The smallest absolute Gasteiger partial charge is 0.463 e. The topological polar surface area (TPSA) is 131 Å². The van der Waals surface area contributed by atoms with Gasteiger partial charge in [0.15, 0.2) is 0 Å². The first-order valence-corrected chi connectivity index (χ1v) is 23.6. The number of aliphatic hydroxyl groups excluding tert-OH is 1. The Morgan fingerprint density at radius 2 is 0.982 bits per heavy atom. The Morgan fingerprint density at radius 3 is 1.53 bits per heavy atom. The number of nitrogens with one attached hydrogen (secondary N) is 1. The van der Waals surface area contributed by atoms with Gasteiger partial charge >= 0.3 is 13.8 Å². The van der Waals surface area contributed by atoms with E-state index in [2.05, 4.69) is 67.8 Å². The summed E-state index contributed by atoms with van der Waals surface area (Å²) in [7, 11) is -4.42. The molecule has 0 aliphatic rings. The van der Waals surface area contributed by atoms with Crippen molar-refractivity contribution < 1.29 is 37.9 Å². The average Bonchev–Trinajstić information content (AvgIpc) is 3.17. The first-order chi connectivity index (χ1) is 26.8. The maximum atomic E-state index is 12.1. The highest BCUT2D eigenvalue weighted by Crippen LogP contribution is 2.42. The molecule has 0 aliphatic carbocycles. The van der Waals surface area contributed by atoms with Crippen LogP contribution in [0.5, 0.6) is 0 Å². The zero-order valence-corrected chi connectivity index (χ0v) is 36.0. The molecule has 1 amide bonds. The van der Waals surface area contributed by atoms with Gasteiger partial charge in [0.2, 0.25) is 5.91 Å². The van der Waals surface area contributed by atoms with Gasteiger partial charge in [-0.15, -0.1) is 0 Å². The second-order valence-corrected chi connectivity index (χ2v) is 16.1. The molecule has 9 nitrogen and oxygen atoms in total. The summed E-state index contributed by atoms with van der Waals surface area (Å²) in [4.78, 5) is 33.9. The zero-order valence-electron chi connectivity index (χ0n) is 35.1. The number of hydrogen-bond acceptors (Lipinski definition) is 7. The van der Waals surface area contributed by atoms with Crippen molar-refractivity contribution in [2.45, 2.75) is 200 Å². The van der Waals surface area contributed by atoms with Gasteiger partial charge in [-0.25, -0.2) is 4.57 Å². The zero-order chi connectivity index (χ0) is 40.3. The number of allylic oxidation sites excluding steroid dienone is 8. The van der Waals surface area contributed by atoms with Crippen LogP contribution in [0, 0.1) is 0 Å². The number of esters is 1. The van der Waals surface area contributed by atoms with Gasteiger partial charge in [-0.2, -0.15) is 0 Å². The third-order valence-corrected chi connectivity index (χ3v) is 10.2. The highest BCUT2D eigenvalue weighted by atomic mass is 31.2. The van der Waals surface area contributed by atoms with Crippen LogP contribution in [0.25, 0.3) is 0 Å². The van der Waals surface area contributed by atoms with Crippen LogP contribution >= 0.6 is 7.82 Å². The van der Waals surface area contributed by atoms with E-state index < -0.39 is 26.5 Å². The van der Waals surface area contributed by atoms with Crippen LogP contribution in [0.1, 0.15) is 194 Å². The number of ether oxygens (including phenoxy) is 1. The summed E-state index contributed by atoms with van der Waals surface area (Å²) in [6.07, 6.45) is 47.5. The summed E-state index contributed by atoms with van der Waals surface area (Å²) >= 11 is 0. The summed E-state index contributed by atoms with van der Waals surface area (Å²) in [5.74, 6) is -0.533. The fraction of sp³-hybridized carbons (Fsp3) is 0.778. The van der Waals surface area contributed by atoms with Gasteiger partial charge in [0.05, 0.1) is 13.2 Å². The summed E-state index contributed by atoms with van der Waals surface area (Å²) in [6.45, 7) is 3.49. The Kier molecular flexibility index (Phi) is 40.1. The van der Waals surface area contributed by atoms with Crippen LogP contribution in [-0.2, 0) is 27.9 Å². The molecule has 0 aromatic rings. The number of aliphatic hydroxyl groups is 1. The maximum Gasteiger partial charge on any atom is 0.472 e. The molecular weight excluding hydrogens is 713 g/mol. The van der Waals surface area contributed by atoms with E-state index in [1.165, 1.54) is 89.9 Å². The van der Waals surface area contributed by atoms with Crippen molar-refractivity contribution in [3.05, 3.63) is 48.6 Å². The van der Waals surface area contributed by atoms with E-state index in [0.29, 0.717) is 6.42 Å². The van der Waals surface area contributed by atoms with E-state index in [0.717, 1.165) is 77.0 Å². The van der Waals surface area contributed by atoms with E-state index in [1.54, 1.807) is 0 Å². The van der Waals surface area contributed by atoms with Crippen LogP contribution in [-0.4, -0.2) is 54.3 Å². The summed E-state index contributed by atoms with van der Waals surface area (Å²) in [5.41, 5.74) is 0. The van der Waals surface area contributed by atoms with Crippen LogP contribution in [0.4, 0.5) is 0 Å². The molecule has 0 radical (unpaired) electrons. The van der Waals surface area contributed by atoms with Gasteiger partial charge < -0.3 is 20.1 Å². The van der Waals surface area contributed by atoms with E-state index >= 15 is 0 Å². The number of hydrogen-bond donors (Lipinski definition) is 3. The molecule has 0 rings (SSSR count). The SMILES string of the molecule is CCCCC/C=C\C/C=C\C/C=C\CCCCCCCCCCC(=O)NCCOP(=O)(O)OCC(O)COC(=O)CCCCCCC/C=C\CCCCCC. The maximum absolute atomic E-state index is 12.1. The van der Waals surface area contributed by atoms with Gasteiger partial charge in [-0.05, 0) is 77.0 Å². The third kappa shape index (κ3) is 42.9. The number of unbranched alkanes of at least 4 members (excludes halogenated alkanes) is 20. The lowest BCUT2D eigenvalue weighted by molar-refractivity contribution is -0.147. The van der Waals surface area contributed by atoms with Crippen LogP contribution in [0.3, 0.4) is 0 Å². The number of carbonyl (C=O) groups excluding carboxylic acids is 2. The average molecular weight is 796 g/mol. The number of phosphoric acid groups is 1. The van der Waals surface area contributed by atoms with Gasteiger partial charge in [-0.1, -0.05) is 152 Å². The van der Waals surface area contributed by atoms with Crippen molar-refractivity contribution >= 4 is 19.7 Å². The third-order valence-electron chi connectivity index (χ3n) is 9.23. The fourth-order valence-electron chi connectivity index (χ4n) is 5.85. The number of carbonyl (C=O) groups is 2. The van der Waals surface area contributed by atoms with Crippen LogP contribution in [0.2, 0.25) is 0 Å². The van der Waals surface area contributed by atoms with E-state index in [9.17, 15) is 24.2 Å². The predicted octanol–water partition coefficient (Wildman–Crippen LogP) is 12.3. The number of amides is 1. The molecule has 0 aromatic heterocycles. The molecule has 0 heterocycles. The Morgan fingerprint density at radius 1 is 0.564 bits per heavy atom. The van der Waals surface area contributed by atoms with Crippen LogP contribution < -0.4 is 5.32 Å². The fourth-order valence-corrected chi connectivity index (χ4v) is 6.61. The van der Waals surface area contributed by atoms with Crippen molar-refractivity contribution in [1.82, 2.24) is 5.32 Å². The van der Waals surface area contributed by atoms with Crippen LogP contribution in [0.15, 0.2) is 48.6 Å². The molecule has 2 unspecified atom stereocenters. The predicted molar refractivity (Wildman–Crippen MR) is 229 cm³/mol. The minimum Gasteiger partial charge on any atom is -0.463 e. The molecule has 55 heavy (non-hydrogen) atoms. The van der Waals surface area contributed by atoms with E-state index in [1.807, 2.05) is 0 Å². The van der Waals surface area contributed by atoms with Crippen molar-refractivity contribution in [3.63, 3.8) is 0 Å². The molecule has 0 spiro atoms. The second kappa shape index (κ2) is 41.6. The summed E-state index contributed by atoms with van der Waals surface area (Å²) < 4.78 is 26.8. The summed E-state index contributed by atoms with van der Waals surface area (Å²) in [5, 5.41) is 12.7. The first kappa shape index (κ1) is 53.0. The van der Waals surface area contributed by atoms with E-state index in [4.69, 9.17) is 13.8 Å². The largest absolute Gasteiger partial charge is 0.472 e. The van der Waals surface area contributed by atoms with Crippen molar-refractivity contribution in [2.24, 2.45) is 0 Å². The monoisotopic (exact) mass is 796 g/mol. The Hall–Kier alpha value is -2.03. The van der Waals surface area contributed by atoms with Gasteiger partial charge in [-0.3, -0.25) is 18.6 Å². The molecule has 0 saturated carbocycles. The highest BCUT2D eigenvalue weighted by Gasteiger charge is 2.23. The van der Waals surface area contributed by atoms with Crippen molar-refractivity contribution in [2.75, 3.05) is 26.4 Å². The molecule has 10 heteroatoms. The quantitative estimate of drug-likeness (QED) is 0.0241. The minimum atomic E-state index is -4.42. The molecule has 3 N–H and O–H groups in total. The van der Waals surface area contributed by atoms with Crippen molar-refractivity contribution in [3.8, 4) is 0 Å². The molecular formula is C45H82NO8P. The Labute approximate surface area is 336 Å². The molecule has 0 aromatic carbocycles. The second-order valence-electron chi connectivity index (χ2n) is 14.7. The van der Waals surface area contributed by atoms with Gasteiger partial charge in [0, 0.05) is 19.4 Å². The molecule has 0 aliphatic heterocycles. The minimum absolute atomic E-state index is 0.0753. The molecule has 0 saturated heterocycles.